The quantitative estimate of drug-likeness (QED) is 0.540. The third-order valence-corrected chi connectivity index (χ3v) is 11.3. The average molecular weight is 515 g/mol. The molecule has 37 heavy (non-hydrogen) atoms. The van der Waals surface area contributed by atoms with E-state index >= 15 is 0 Å². The Morgan fingerprint density at radius 2 is 1.62 bits per heavy atom. The third kappa shape index (κ3) is 3.74. The Labute approximate surface area is 219 Å². The SMILES string of the molecule is CC(CC(=O)CC(C)C1CC(=O)[C@@]2(C)C3=C(C(=O)C[C@]12C)[C@@]1(C)CCC(=O)C(C)(C)C1CC3O)C(=O)O. The Morgan fingerprint density at radius 1 is 1.00 bits per heavy atom. The van der Waals surface area contributed by atoms with Gasteiger partial charge >= 0.3 is 5.97 Å². The number of carboxylic acids is 1. The molecule has 0 heterocycles. The van der Waals surface area contributed by atoms with Gasteiger partial charge in [-0.3, -0.25) is 24.0 Å². The minimum absolute atomic E-state index is 0.00884. The molecule has 2 saturated carbocycles. The van der Waals surface area contributed by atoms with Crippen LogP contribution in [0.1, 0.15) is 93.4 Å². The van der Waals surface area contributed by atoms with Crippen molar-refractivity contribution in [3.63, 3.8) is 0 Å². The zero-order valence-corrected chi connectivity index (χ0v) is 23.3. The maximum absolute atomic E-state index is 14.0. The number of carboxylic acid groups (broad SMARTS) is 1. The summed E-state index contributed by atoms with van der Waals surface area (Å²) in [5.74, 6) is -2.49. The molecule has 0 bridgehead atoms. The van der Waals surface area contributed by atoms with Gasteiger partial charge in [-0.15, -0.1) is 0 Å². The molecule has 4 aliphatic rings. The van der Waals surface area contributed by atoms with Crippen LogP contribution in [0, 0.1) is 45.3 Å². The first-order chi connectivity index (χ1) is 16.9. The van der Waals surface area contributed by atoms with Gasteiger partial charge in [0.25, 0.3) is 0 Å². The second kappa shape index (κ2) is 8.69. The first-order valence-corrected chi connectivity index (χ1v) is 13.7. The highest BCUT2D eigenvalue weighted by Gasteiger charge is 2.70. The Bertz CT molecular complexity index is 1110. The molecule has 0 aromatic heterocycles. The van der Waals surface area contributed by atoms with Crippen molar-refractivity contribution in [3.8, 4) is 0 Å². The van der Waals surface area contributed by atoms with Gasteiger partial charge in [-0.25, -0.2) is 0 Å². The van der Waals surface area contributed by atoms with Gasteiger partial charge < -0.3 is 10.2 Å². The van der Waals surface area contributed by atoms with Crippen molar-refractivity contribution >= 4 is 29.1 Å². The lowest BCUT2D eigenvalue weighted by Crippen LogP contribution is -2.60. The largest absolute Gasteiger partial charge is 0.481 e. The summed E-state index contributed by atoms with van der Waals surface area (Å²) in [5, 5.41) is 20.7. The molecule has 2 N–H and O–H groups in total. The Morgan fingerprint density at radius 3 is 2.22 bits per heavy atom. The minimum Gasteiger partial charge on any atom is -0.481 e. The highest BCUT2D eigenvalue weighted by atomic mass is 16.4. The first kappa shape index (κ1) is 27.9. The summed E-state index contributed by atoms with van der Waals surface area (Å²) >= 11 is 0. The van der Waals surface area contributed by atoms with Crippen molar-refractivity contribution in [2.75, 3.05) is 0 Å². The van der Waals surface area contributed by atoms with Gasteiger partial charge in [-0.05, 0) is 48.5 Å². The maximum Gasteiger partial charge on any atom is 0.306 e. The Balaban J connectivity index is 1.75. The van der Waals surface area contributed by atoms with Crippen LogP contribution in [-0.4, -0.2) is 45.4 Å². The molecule has 7 heteroatoms. The fraction of sp³-hybridized carbons (Fsp3) is 0.767. The van der Waals surface area contributed by atoms with Gasteiger partial charge in [-0.2, -0.15) is 0 Å². The molecule has 0 amide bonds. The number of hydrogen-bond acceptors (Lipinski definition) is 6. The van der Waals surface area contributed by atoms with Crippen LogP contribution in [0.2, 0.25) is 0 Å². The molecule has 0 saturated heterocycles. The summed E-state index contributed by atoms with van der Waals surface area (Å²) in [7, 11) is 0. The van der Waals surface area contributed by atoms with Gasteiger partial charge in [0.15, 0.2) is 5.78 Å². The Hall–Kier alpha value is -2.15. The number of fused-ring (bicyclic) bond motifs is 4. The lowest BCUT2D eigenvalue weighted by molar-refractivity contribution is -0.147. The highest BCUT2D eigenvalue weighted by Crippen LogP contribution is 2.70. The molecule has 4 rings (SSSR count). The molecule has 204 valence electrons. The summed E-state index contributed by atoms with van der Waals surface area (Å²) in [6.45, 7) is 13.1. The van der Waals surface area contributed by atoms with E-state index in [0.29, 0.717) is 30.4 Å². The second-order valence-corrected chi connectivity index (χ2v) is 13.7. The highest BCUT2D eigenvalue weighted by molar-refractivity contribution is 6.05. The van der Waals surface area contributed by atoms with Gasteiger partial charge in [-0.1, -0.05) is 41.5 Å². The summed E-state index contributed by atoms with van der Waals surface area (Å²) in [6.07, 6.45) is 0.736. The molecule has 0 aromatic carbocycles. The van der Waals surface area contributed by atoms with E-state index in [0.717, 1.165) is 0 Å². The topological polar surface area (TPSA) is 126 Å². The molecule has 4 aliphatic carbocycles. The van der Waals surface area contributed by atoms with E-state index in [4.69, 9.17) is 0 Å². The number of Topliss-reactive ketones (excluding diaryl/α,β-unsaturated/α-hetero) is 4. The zero-order valence-electron chi connectivity index (χ0n) is 23.3. The number of hydrogen-bond donors (Lipinski definition) is 2. The van der Waals surface area contributed by atoms with Crippen LogP contribution < -0.4 is 0 Å². The van der Waals surface area contributed by atoms with E-state index < -0.39 is 39.7 Å². The van der Waals surface area contributed by atoms with Gasteiger partial charge in [0.2, 0.25) is 0 Å². The molecule has 0 radical (unpaired) electrons. The molecular weight excluding hydrogens is 472 g/mol. The molecule has 7 nitrogen and oxygen atoms in total. The van der Waals surface area contributed by atoms with E-state index in [1.54, 1.807) is 0 Å². The van der Waals surface area contributed by atoms with Crippen molar-refractivity contribution in [1.29, 1.82) is 0 Å². The van der Waals surface area contributed by atoms with Crippen LogP contribution in [-0.2, 0) is 24.0 Å². The maximum atomic E-state index is 14.0. The number of allylic oxidation sites excluding steroid dienone is 1. The lowest BCUT2D eigenvalue weighted by atomic mass is 9.42. The number of carbonyl (C=O) groups excluding carboxylic acids is 4. The number of aliphatic hydroxyl groups excluding tert-OH is 1. The van der Waals surface area contributed by atoms with E-state index in [-0.39, 0.29) is 66.6 Å². The van der Waals surface area contributed by atoms with Crippen LogP contribution in [0.3, 0.4) is 0 Å². The number of ketones is 4. The Kier molecular flexibility index (Phi) is 6.54. The monoisotopic (exact) mass is 514 g/mol. The van der Waals surface area contributed by atoms with Crippen molar-refractivity contribution in [2.45, 2.75) is 99.5 Å². The summed E-state index contributed by atoms with van der Waals surface area (Å²) in [6, 6.07) is 0. The number of rotatable bonds is 6. The molecular formula is C30H42O7. The van der Waals surface area contributed by atoms with Crippen molar-refractivity contribution in [1.82, 2.24) is 0 Å². The van der Waals surface area contributed by atoms with Crippen molar-refractivity contribution in [2.24, 2.45) is 45.3 Å². The summed E-state index contributed by atoms with van der Waals surface area (Å²) in [5.41, 5.74) is -1.92. The van der Waals surface area contributed by atoms with Crippen LogP contribution in [0.4, 0.5) is 0 Å². The molecule has 0 aliphatic heterocycles. The fourth-order valence-corrected chi connectivity index (χ4v) is 8.93. The third-order valence-electron chi connectivity index (χ3n) is 11.3. The van der Waals surface area contributed by atoms with Crippen LogP contribution in [0.15, 0.2) is 11.1 Å². The van der Waals surface area contributed by atoms with E-state index in [9.17, 15) is 34.2 Å². The first-order valence-electron chi connectivity index (χ1n) is 13.7. The van der Waals surface area contributed by atoms with Gasteiger partial charge in [0.05, 0.1) is 17.4 Å². The predicted molar refractivity (Wildman–Crippen MR) is 136 cm³/mol. The van der Waals surface area contributed by atoms with E-state index in [2.05, 4.69) is 0 Å². The van der Waals surface area contributed by atoms with E-state index in [1.165, 1.54) is 6.92 Å². The van der Waals surface area contributed by atoms with E-state index in [1.807, 2.05) is 41.5 Å². The molecule has 0 spiro atoms. The minimum atomic E-state index is -1.04. The summed E-state index contributed by atoms with van der Waals surface area (Å²) < 4.78 is 0. The smallest absolute Gasteiger partial charge is 0.306 e. The van der Waals surface area contributed by atoms with Crippen molar-refractivity contribution < 1.29 is 34.2 Å². The lowest BCUT2D eigenvalue weighted by Gasteiger charge is -2.60. The number of aliphatic carboxylic acids is 1. The average Bonchev–Trinajstić information content (AvgIpc) is 2.99. The van der Waals surface area contributed by atoms with Gasteiger partial charge in [0, 0.05) is 48.5 Å². The molecule has 5 unspecified atom stereocenters. The molecule has 8 atom stereocenters. The zero-order chi connectivity index (χ0) is 27.9. The van der Waals surface area contributed by atoms with Crippen molar-refractivity contribution in [3.05, 3.63) is 11.1 Å². The molecule has 2 fully saturated rings. The molecule has 0 aromatic rings. The van der Waals surface area contributed by atoms with Crippen LogP contribution in [0.5, 0.6) is 0 Å². The second-order valence-electron chi connectivity index (χ2n) is 13.7. The number of carbonyl (C=O) groups is 5. The normalized spacial score (nSPS) is 40.5. The standard InChI is InChI=1S/C30H42O7/c1-15(10-17(31)11-16(2)26(36)37)18-12-23(35)30(7)25-19(32)13-21-27(3,4)22(34)8-9-28(21,5)24(25)20(33)14-29(18,30)6/h15-16,18-19,21,32H,8-14H2,1-7H3,(H,36,37)/t15?,16?,18?,19?,21?,28-,29+,30-/m0/s1. The van der Waals surface area contributed by atoms with Crippen LogP contribution >= 0.6 is 0 Å². The summed E-state index contributed by atoms with van der Waals surface area (Å²) in [4.78, 5) is 64.6. The fourth-order valence-electron chi connectivity index (χ4n) is 8.93. The van der Waals surface area contributed by atoms with Crippen LogP contribution in [0.25, 0.3) is 0 Å². The number of aliphatic hydroxyl groups is 1. The predicted octanol–water partition coefficient (Wildman–Crippen LogP) is 4.34. The van der Waals surface area contributed by atoms with Gasteiger partial charge in [0.1, 0.15) is 17.3 Å².